The van der Waals surface area contributed by atoms with Gasteiger partial charge in [0.2, 0.25) is 5.91 Å². The molecule has 160 valence electrons. The number of hydrogen-bond donors (Lipinski definition) is 7. The lowest BCUT2D eigenvalue weighted by molar-refractivity contribution is -0.118. The third-order valence-electron chi connectivity index (χ3n) is 5.10. The number of fused-ring (bicyclic) bond motifs is 1. The zero-order valence-corrected chi connectivity index (χ0v) is 17.2. The van der Waals surface area contributed by atoms with Crippen molar-refractivity contribution >= 4 is 23.3 Å². The number of amides is 3. The first kappa shape index (κ1) is 21.4. The fourth-order valence-electron chi connectivity index (χ4n) is 3.73. The molecular formula is C20H33N7O2. The van der Waals surface area contributed by atoms with Crippen LogP contribution in [0.4, 0.5) is 16.2 Å². The molecule has 3 unspecified atom stereocenters. The molecule has 2 aliphatic rings. The molecule has 7 N–H and O–H groups in total. The number of urea groups is 1. The molecule has 0 radical (unpaired) electrons. The van der Waals surface area contributed by atoms with Crippen LogP contribution in [0.15, 0.2) is 18.2 Å². The molecule has 9 nitrogen and oxygen atoms in total. The van der Waals surface area contributed by atoms with Gasteiger partial charge in [-0.15, -0.1) is 0 Å². The summed E-state index contributed by atoms with van der Waals surface area (Å²) >= 11 is 0. The van der Waals surface area contributed by atoms with E-state index in [-0.39, 0.29) is 30.4 Å². The summed E-state index contributed by atoms with van der Waals surface area (Å²) in [6.07, 6.45) is 3.64. The number of aryl methyl sites for hydroxylation is 1. The molecule has 1 aromatic carbocycles. The van der Waals surface area contributed by atoms with Crippen LogP contribution in [-0.4, -0.2) is 50.1 Å². The van der Waals surface area contributed by atoms with Crippen LogP contribution in [0.2, 0.25) is 0 Å². The SMILES string of the molecule is CC(=O)NCCCNC1CC(C)NC(NC(=O)Nc2ccc3c(c2)CCCN3)N1. The van der Waals surface area contributed by atoms with Gasteiger partial charge in [0.15, 0.2) is 0 Å². The Morgan fingerprint density at radius 1 is 1.21 bits per heavy atom. The molecule has 3 amide bonds. The second-order valence-corrected chi connectivity index (χ2v) is 7.75. The topological polar surface area (TPSA) is 118 Å². The van der Waals surface area contributed by atoms with E-state index < -0.39 is 0 Å². The van der Waals surface area contributed by atoms with Gasteiger partial charge in [0.25, 0.3) is 0 Å². The third-order valence-corrected chi connectivity index (χ3v) is 5.10. The van der Waals surface area contributed by atoms with Crippen molar-refractivity contribution in [2.24, 2.45) is 0 Å². The van der Waals surface area contributed by atoms with E-state index in [4.69, 9.17) is 0 Å². The van der Waals surface area contributed by atoms with Gasteiger partial charge in [-0.2, -0.15) is 0 Å². The summed E-state index contributed by atoms with van der Waals surface area (Å²) in [6.45, 7) is 6.05. The van der Waals surface area contributed by atoms with E-state index in [1.807, 2.05) is 18.2 Å². The highest BCUT2D eigenvalue weighted by molar-refractivity contribution is 5.89. The van der Waals surface area contributed by atoms with Crippen LogP contribution in [-0.2, 0) is 11.2 Å². The highest BCUT2D eigenvalue weighted by atomic mass is 16.2. The largest absolute Gasteiger partial charge is 0.385 e. The Morgan fingerprint density at radius 3 is 2.90 bits per heavy atom. The molecule has 1 saturated heterocycles. The Kier molecular flexibility index (Phi) is 7.68. The van der Waals surface area contributed by atoms with Gasteiger partial charge < -0.3 is 26.6 Å². The van der Waals surface area contributed by atoms with Crippen molar-refractivity contribution in [1.82, 2.24) is 26.6 Å². The predicted octanol–water partition coefficient (Wildman–Crippen LogP) is 0.863. The fraction of sp³-hybridized carbons (Fsp3) is 0.600. The number of rotatable bonds is 7. The highest BCUT2D eigenvalue weighted by Gasteiger charge is 2.25. The van der Waals surface area contributed by atoms with E-state index in [1.54, 1.807) is 0 Å². The van der Waals surface area contributed by atoms with E-state index in [0.29, 0.717) is 6.54 Å². The number of carbonyl (C=O) groups is 2. The van der Waals surface area contributed by atoms with Gasteiger partial charge >= 0.3 is 6.03 Å². The Hall–Kier alpha value is -2.36. The van der Waals surface area contributed by atoms with Gasteiger partial charge in [-0.25, -0.2) is 4.79 Å². The average Bonchev–Trinajstić information content (AvgIpc) is 2.67. The zero-order valence-electron chi connectivity index (χ0n) is 17.2. The van der Waals surface area contributed by atoms with Crippen LogP contribution in [0.5, 0.6) is 0 Å². The van der Waals surface area contributed by atoms with Crippen LogP contribution in [0, 0.1) is 0 Å². The van der Waals surface area contributed by atoms with Crippen molar-refractivity contribution in [3.8, 4) is 0 Å². The summed E-state index contributed by atoms with van der Waals surface area (Å²) in [7, 11) is 0. The molecule has 0 aromatic heterocycles. The first-order valence-corrected chi connectivity index (χ1v) is 10.4. The van der Waals surface area contributed by atoms with Gasteiger partial charge in [-0.05, 0) is 62.9 Å². The van der Waals surface area contributed by atoms with Crippen LogP contribution in [0.25, 0.3) is 0 Å². The smallest absolute Gasteiger partial charge is 0.321 e. The summed E-state index contributed by atoms with van der Waals surface area (Å²) in [4.78, 5) is 23.3. The number of anilines is 2. The van der Waals surface area contributed by atoms with E-state index in [1.165, 1.54) is 12.5 Å². The lowest BCUT2D eigenvalue weighted by Crippen LogP contribution is -2.67. The van der Waals surface area contributed by atoms with Gasteiger partial charge in [0.05, 0.1) is 6.17 Å². The lowest BCUT2D eigenvalue weighted by Gasteiger charge is -2.36. The van der Waals surface area contributed by atoms with Crippen LogP contribution < -0.4 is 37.2 Å². The minimum atomic E-state index is -0.328. The predicted molar refractivity (Wildman–Crippen MR) is 115 cm³/mol. The minimum Gasteiger partial charge on any atom is -0.385 e. The maximum absolute atomic E-state index is 12.4. The molecule has 9 heteroatoms. The molecule has 0 saturated carbocycles. The fourth-order valence-corrected chi connectivity index (χ4v) is 3.73. The molecule has 0 spiro atoms. The van der Waals surface area contributed by atoms with Gasteiger partial charge in [-0.1, -0.05) is 0 Å². The van der Waals surface area contributed by atoms with Crippen LogP contribution in [0.3, 0.4) is 0 Å². The number of benzene rings is 1. The Bertz CT molecular complexity index is 712. The molecule has 0 bridgehead atoms. The maximum atomic E-state index is 12.4. The average molecular weight is 404 g/mol. The third kappa shape index (κ3) is 6.88. The maximum Gasteiger partial charge on any atom is 0.321 e. The quantitative estimate of drug-likeness (QED) is 0.340. The van der Waals surface area contributed by atoms with Crippen molar-refractivity contribution in [3.63, 3.8) is 0 Å². The second kappa shape index (κ2) is 10.4. The molecule has 1 aromatic rings. The lowest BCUT2D eigenvalue weighted by atomic mass is 10.0. The highest BCUT2D eigenvalue weighted by Crippen LogP contribution is 2.25. The molecule has 1 fully saturated rings. The van der Waals surface area contributed by atoms with Crippen molar-refractivity contribution < 1.29 is 9.59 Å². The number of hydrogen-bond acceptors (Lipinski definition) is 6. The summed E-state index contributed by atoms with van der Waals surface area (Å²) in [5.41, 5.74) is 3.18. The van der Waals surface area contributed by atoms with Crippen molar-refractivity contribution in [2.45, 2.75) is 58.0 Å². The Labute approximate surface area is 172 Å². The summed E-state index contributed by atoms with van der Waals surface area (Å²) in [6, 6.07) is 5.97. The van der Waals surface area contributed by atoms with Crippen molar-refractivity contribution in [1.29, 1.82) is 0 Å². The van der Waals surface area contributed by atoms with E-state index >= 15 is 0 Å². The summed E-state index contributed by atoms with van der Waals surface area (Å²) in [5, 5.41) is 22.2. The number of nitrogens with one attached hydrogen (secondary N) is 7. The van der Waals surface area contributed by atoms with Crippen LogP contribution >= 0.6 is 0 Å². The van der Waals surface area contributed by atoms with Gasteiger partial charge in [-0.3, -0.25) is 15.4 Å². The minimum absolute atomic E-state index is 0.0101. The van der Waals surface area contributed by atoms with E-state index in [0.717, 1.165) is 50.1 Å². The molecule has 29 heavy (non-hydrogen) atoms. The van der Waals surface area contributed by atoms with E-state index in [2.05, 4.69) is 44.1 Å². The molecule has 0 aliphatic carbocycles. The molecule has 2 heterocycles. The zero-order chi connectivity index (χ0) is 20.6. The molecular weight excluding hydrogens is 370 g/mol. The normalized spacial score (nSPS) is 23.4. The summed E-state index contributed by atoms with van der Waals surface area (Å²) in [5.74, 6) is -0.0101. The van der Waals surface area contributed by atoms with Crippen molar-refractivity contribution in [2.75, 3.05) is 30.3 Å². The van der Waals surface area contributed by atoms with Gasteiger partial charge in [0.1, 0.15) is 6.29 Å². The summed E-state index contributed by atoms with van der Waals surface area (Å²) < 4.78 is 0. The Balaban J connectivity index is 1.43. The molecule has 3 atom stereocenters. The van der Waals surface area contributed by atoms with Gasteiger partial charge in [0, 0.05) is 37.4 Å². The van der Waals surface area contributed by atoms with Crippen molar-refractivity contribution in [3.05, 3.63) is 23.8 Å². The molecule has 3 rings (SSSR count). The monoisotopic (exact) mass is 403 g/mol. The first-order valence-electron chi connectivity index (χ1n) is 10.4. The second-order valence-electron chi connectivity index (χ2n) is 7.75. The van der Waals surface area contributed by atoms with Crippen LogP contribution in [0.1, 0.15) is 38.7 Å². The van der Waals surface area contributed by atoms with E-state index in [9.17, 15) is 9.59 Å². The molecule has 2 aliphatic heterocycles. The standard InChI is InChI=1S/C20H33N7O2/c1-13-11-18(23-10-4-9-21-14(2)28)26-19(24-13)27-20(29)25-16-6-7-17-15(12-16)5-3-8-22-17/h6-7,12-13,18-19,22-24,26H,3-5,8-11H2,1-2H3,(H,21,28)(H2,25,27,29). The number of carbonyl (C=O) groups excluding carboxylic acids is 2. The Morgan fingerprint density at radius 2 is 2.07 bits per heavy atom. The first-order chi connectivity index (χ1) is 14.0.